The number of benzene rings is 1. The average Bonchev–Trinajstić information content (AvgIpc) is 2.68. The van der Waals surface area contributed by atoms with Crippen LogP contribution in [0.4, 0.5) is 4.39 Å². The zero-order valence-electron chi connectivity index (χ0n) is 15.7. The third kappa shape index (κ3) is 4.85. The van der Waals surface area contributed by atoms with Gasteiger partial charge in [-0.25, -0.2) is 4.39 Å². The Balaban J connectivity index is 1.46. The number of hydrogen-bond acceptors (Lipinski definition) is 1. The van der Waals surface area contributed by atoms with Gasteiger partial charge in [0, 0.05) is 0 Å². The molecule has 1 aromatic carbocycles. The molecule has 2 fully saturated rings. The molecule has 0 bridgehead atoms. The van der Waals surface area contributed by atoms with Crippen LogP contribution in [0.1, 0.15) is 74.8 Å². The van der Waals surface area contributed by atoms with E-state index in [0.717, 1.165) is 30.2 Å². The van der Waals surface area contributed by atoms with Crippen LogP contribution < -0.4 is 0 Å². The Hall–Kier alpha value is -1.88. The van der Waals surface area contributed by atoms with E-state index in [4.69, 9.17) is 5.26 Å². The van der Waals surface area contributed by atoms with Gasteiger partial charge in [0.05, 0.1) is 5.56 Å². The van der Waals surface area contributed by atoms with Gasteiger partial charge in [0.25, 0.3) is 0 Å². The van der Waals surface area contributed by atoms with Gasteiger partial charge >= 0.3 is 0 Å². The molecular formula is C24H30FN. The lowest BCUT2D eigenvalue weighted by Gasteiger charge is -2.29. The molecule has 0 N–H and O–H groups in total. The van der Waals surface area contributed by atoms with Gasteiger partial charge in [0.1, 0.15) is 11.9 Å². The van der Waals surface area contributed by atoms with Gasteiger partial charge in [-0.1, -0.05) is 24.3 Å². The van der Waals surface area contributed by atoms with Crippen molar-refractivity contribution < 1.29 is 4.39 Å². The molecule has 0 heterocycles. The lowest BCUT2D eigenvalue weighted by Crippen LogP contribution is -2.14. The van der Waals surface area contributed by atoms with Gasteiger partial charge in [-0.05, 0) is 99.2 Å². The summed E-state index contributed by atoms with van der Waals surface area (Å²) in [4.78, 5) is 0. The van der Waals surface area contributed by atoms with Crippen molar-refractivity contribution in [3.8, 4) is 6.07 Å². The summed E-state index contributed by atoms with van der Waals surface area (Å²) in [6.07, 6.45) is 18.2. The van der Waals surface area contributed by atoms with Crippen molar-refractivity contribution in [2.45, 2.75) is 63.7 Å². The van der Waals surface area contributed by atoms with E-state index in [-0.39, 0.29) is 11.4 Å². The molecule has 0 radical (unpaired) electrons. The van der Waals surface area contributed by atoms with E-state index < -0.39 is 0 Å². The zero-order chi connectivity index (χ0) is 18.4. The summed E-state index contributed by atoms with van der Waals surface area (Å²) in [5, 5.41) is 8.86. The van der Waals surface area contributed by atoms with Crippen LogP contribution in [0.3, 0.4) is 0 Å². The molecule has 2 saturated carbocycles. The van der Waals surface area contributed by atoms with Gasteiger partial charge in [-0.15, -0.1) is 6.58 Å². The molecule has 0 aromatic heterocycles. The zero-order valence-corrected chi connectivity index (χ0v) is 15.7. The molecule has 138 valence electrons. The largest absolute Gasteiger partial charge is 0.206 e. The molecule has 0 saturated heterocycles. The van der Waals surface area contributed by atoms with Crippen molar-refractivity contribution in [1.29, 1.82) is 5.26 Å². The molecule has 1 aromatic rings. The fraction of sp³-hybridized carbons (Fsp3) is 0.542. The second-order valence-corrected chi connectivity index (χ2v) is 8.15. The monoisotopic (exact) mass is 351 g/mol. The summed E-state index contributed by atoms with van der Waals surface area (Å²) in [5.41, 5.74) is 1.21. The van der Waals surface area contributed by atoms with Gasteiger partial charge in [-0.3, -0.25) is 0 Å². The van der Waals surface area contributed by atoms with Gasteiger partial charge in [0.2, 0.25) is 0 Å². The first-order chi connectivity index (χ1) is 12.7. The molecule has 0 unspecified atom stereocenters. The maximum absolute atomic E-state index is 13.8. The fourth-order valence-corrected chi connectivity index (χ4v) is 4.69. The van der Waals surface area contributed by atoms with Crippen molar-refractivity contribution in [2.75, 3.05) is 0 Å². The Labute approximate surface area is 157 Å². The van der Waals surface area contributed by atoms with Crippen LogP contribution in [0.2, 0.25) is 0 Å². The minimum absolute atomic E-state index is 0.146. The molecule has 2 heteroatoms. The van der Waals surface area contributed by atoms with E-state index in [9.17, 15) is 4.39 Å². The van der Waals surface area contributed by atoms with E-state index in [1.54, 1.807) is 12.1 Å². The highest BCUT2D eigenvalue weighted by Crippen LogP contribution is 2.38. The molecule has 3 rings (SSSR count). The molecule has 0 aliphatic heterocycles. The maximum Gasteiger partial charge on any atom is 0.141 e. The lowest BCUT2D eigenvalue weighted by molar-refractivity contribution is 0.310. The maximum atomic E-state index is 13.8. The van der Waals surface area contributed by atoms with Crippen molar-refractivity contribution in [1.82, 2.24) is 0 Å². The molecule has 26 heavy (non-hydrogen) atoms. The molecule has 0 spiro atoms. The highest BCUT2D eigenvalue weighted by atomic mass is 19.1. The van der Waals surface area contributed by atoms with Crippen LogP contribution >= 0.6 is 0 Å². The number of rotatable bonds is 5. The van der Waals surface area contributed by atoms with Crippen molar-refractivity contribution >= 4 is 0 Å². The number of nitriles is 1. The Bertz CT molecular complexity index is 668. The van der Waals surface area contributed by atoms with Crippen molar-refractivity contribution in [3.05, 3.63) is 60.0 Å². The summed E-state index contributed by atoms with van der Waals surface area (Å²) in [7, 11) is 0. The minimum Gasteiger partial charge on any atom is -0.206 e. The lowest BCUT2D eigenvalue weighted by atomic mass is 9.77. The average molecular weight is 352 g/mol. The van der Waals surface area contributed by atoms with E-state index in [2.05, 4.69) is 24.8 Å². The highest BCUT2D eigenvalue weighted by molar-refractivity contribution is 5.35. The normalized spacial score (nSPS) is 29.4. The molecule has 0 atom stereocenters. The van der Waals surface area contributed by atoms with Crippen LogP contribution in [0.15, 0.2) is 43.0 Å². The van der Waals surface area contributed by atoms with E-state index in [1.807, 2.05) is 12.1 Å². The predicted octanol–water partition coefficient (Wildman–Crippen LogP) is 6.91. The number of allylic oxidation sites excluding steroid dienone is 3. The summed E-state index contributed by atoms with van der Waals surface area (Å²) in [5.74, 6) is 2.37. The second kappa shape index (κ2) is 9.17. The molecule has 0 amide bonds. The summed E-state index contributed by atoms with van der Waals surface area (Å²) in [6.45, 7) is 3.86. The Morgan fingerprint density at radius 2 is 1.62 bits per heavy atom. The van der Waals surface area contributed by atoms with E-state index in [0.29, 0.717) is 11.8 Å². The number of hydrogen-bond donors (Lipinski definition) is 0. The Morgan fingerprint density at radius 1 is 1.00 bits per heavy atom. The van der Waals surface area contributed by atoms with E-state index in [1.165, 1.54) is 44.9 Å². The highest BCUT2D eigenvalue weighted by Gasteiger charge is 2.23. The first kappa shape index (κ1) is 18.9. The summed E-state index contributed by atoms with van der Waals surface area (Å²) in [6, 6.07) is 7.03. The van der Waals surface area contributed by atoms with Crippen LogP contribution in [-0.4, -0.2) is 0 Å². The standard InChI is InChI=1S/C24H30FN/c1-2-3-18-4-6-19(7-5-18)8-9-20-10-12-21(13-11-20)22-14-15-23(17-26)24(25)16-22/h2,8-9,14-16,18-21H,1,3-7,10-13H2/b9-8+. The molecule has 2 aliphatic rings. The SMILES string of the molecule is C=CCC1CCC(/C=C/C2CCC(c3ccc(C#N)c(F)c3)CC2)CC1. The summed E-state index contributed by atoms with van der Waals surface area (Å²) >= 11 is 0. The molecule has 1 nitrogen and oxygen atoms in total. The van der Waals surface area contributed by atoms with Gasteiger partial charge in [-0.2, -0.15) is 5.26 Å². The first-order valence-corrected chi connectivity index (χ1v) is 10.2. The summed E-state index contributed by atoms with van der Waals surface area (Å²) < 4.78 is 13.8. The Kier molecular flexibility index (Phi) is 6.67. The molecular weight excluding hydrogens is 321 g/mol. The van der Waals surface area contributed by atoms with Crippen LogP contribution in [0, 0.1) is 34.9 Å². The van der Waals surface area contributed by atoms with Gasteiger partial charge < -0.3 is 0 Å². The van der Waals surface area contributed by atoms with E-state index >= 15 is 0 Å². The quantitative estimate of drug-likeness (QED) is 0.529. The predicted molar refractivity (Wildman–Crippen MR) is 105 cm³/mol. The first-order valence-electron chi connectivity index (χ1n) is 10.2. The van der Waals surface area contributed by atoms with Crippen LogP contribution in [0.5, 0.6) is 0 Å². The van der Waals surface area contributed by atoms with Crippen molar-refractivity contribution in [3.63, 3.8) is 0 Å². The number of nitrogens with zero attached hydrogens (tertiary/aromatic N) is 1. The molecule has 2 aliphatic carbocycles. The number of halogens is 1. The minimum atomic E-state index is -0.376. The smallest absolute Gasteiger partial charge is 0.141 e. The fourth-order valence-electron chi connectivity index (χ4n) is 4.69. The Morgan fingerprint density at radius 3 is 2.15 bits per heavy atom. The second-order valence-electron chi connectivity index (χ2n) is 8.15. The topological polar surface area (TPSA) is 23.8 Å². The van der Waals surface area contributed by atoms with Crippen LogP contribution in [-0.2, 0) is 0 Å². The third-order valence-electron chi connectivity index (χ3n) is 6.40. The third-order valence-corrected chi connectivity index (χ3v) is 6.40. The van der Waals surface area contributed by atoms with Crippen molar-refractivity contribution in [2.24, 2.45) is 17.8 Å². The van der Waals surface area contributed by atoms with Crippen LogP contribution in [0.25, 0.3) is 0 Å². The van der Waals surface area contributed by atoms with Gasteiger partial charge in [0.15, 0.2) is 0 Å².